The Morgan fingerprint density at radius 2 is 1.57 bits per heavy atom. The molecule has 0 aromatic carbocycles. The Balaban J connectivity index is 4.35. The van der Waals surface area contributed by atoms with E-state index in [1.807, 2.05) is 20.8 Å². The van der Waals surface area contributed by atoms with E-state index in [1.54, 1.807) is 0 Å². The molecule has 0 saturated heterocycles. The van der Waals surface area contributed by atoms with Gasteiger partial charge in [-0.1, -0.05) is 20.8 Å². The minimum Gasteiger partial charge on any atom is -0.481 e. The first-order valence-corrected chi connectivity index (χ1v) is 7.16. The zero-order chi connectivity index (χ0) is 11.0. The van der Waals surface area contributed by atoms with Gasteiger partial charge < -0.3 is 14.0 Å². The number of hydrogen-bond donors (Lipinski definition) is 1. The molecule has 0 aromatic heterocycles. The molecule has 5 heteroatoms. The van der Waals surface area contributed by atoms with Crippen molar-refractivity contribution in [3.05, 3.63) is 0 Å². The summed E-state index contributed by atoms with van der Waals surface area (Å²) in [5.41, 5.74) is -0.901. The molecule has 0 unspecified atom stereocenters. The van der Waals surface area contributed by atoms with Crippen LogP contribution in [-0.2, 0) is 8.85 Å². The Hall–Kier alpha value is -0.393. The van der Waals surface area contributed by atoms with E-state index in [0.29, 0.717) is 19.3 Å². The third-order valence-corrected chi connectivity index (χ3v) is 4.79. The van der Waals surface area contributed by atoms with Gasteiger partial charge in [-0.05, 0) is 18.9 Å². The van der Waals surface area contributed by atoms with Gasteiger partial charge in [-0.3, -0.25) is 4.79 Å². The van der Waals surface area contributed by atoms with Crippen molar-refractivity contribution in [2.24, 2.45) is 0 Å². The van der Waals surface area contributed by atoms with Gasteiger partial charge in [0.1, 0.15) is 0 Å². The fraction of sp³-hybridized carbons (Fsp3) is 0.889. The Morgan fingerprint density at radius 3 is 1.79 bits per heavy atom. The number of carbonyl (C=O) groups is 1. The minimum atomic E-state index is -2.97. The van der Waals surface area contributed by atoms with Crippen LogP contribution >= 0.6 is 0 Å². The first-order chi connectivity index (χ1) is 6.63. The molecule has 0 aliphatic heterocycles. The summed E-state index contributed by atoms with van der Waals surface area (Å²) in [5.74, 6) is 0. The van der Waals surface area contributed by atoms with Gasteiger partial charge in [0.2, 0.25) is 0 Å². The van der Waals surface area contributed by atoms with E-state index in [9.17, 15) is 4.79 Å². The molecule has 1 N–H and O–H groups in total. The number of rotatable bonds is 8. The topological polar surface area (TPSA) is 55.8 Å². The van der Waals surface area contributed by atoms with E-state index in [4.69, 9.17) is 14.0 Å². The molecule has 0 saturated carbocycles. The highest BCUT2D eigenvalue weighted by Crippen LogP contribution is 2.15. The van der Waals surface area contributed by atoms with Crippen molar-refractivity contribution in [3.8, 4) is 0 Å². The quantitative estimate of drug-likeness (QED) is 0.639. The van der Waals surface area contributed by atoms with Crippen LogP contribution in [0.5, 0.6) is 0 Å². The van der Waals surface area contributed by atoms with Crippen molar-refractivity contribution in [1.82, 2.24) is 0 Å². The highest BCUT2D eigenvalue weighted by molar-refractivity contribution is 6.95. The third kappa shape index (κ3) is 3.77. The maximum absolute atomic E-state index is 11.1. The highest BCUT2D eigenvalue weighted by Gasteiger charge is 2.45. The summed E-state index contributed by atoms with van der Waals surface area (Å²) in [7, 11) is -2.97. The second kappa shape index (κ2) is 6.97. The van der Waals surface area contributed by atoms with Gasteiger partial charge in [0.25, 0.3) is 0 Å². The fourth-order valence-corrected chi connectivity index (χ4v) is 3.16. The third-order valence-electron chi connectivity index (χ3n) is 1.87. The molecule has 84 valence electrons. The van der Waals surface area contributed by atoms with E-state index in [0.717, 1.165) is 12.8 Å². The molecular formula is C9H20O4Si. The average molecular weight is 220 g/mol. The summed E-state index contributed by atoms with van der Waals surface area (Å²) in [6.07, 6.45) is 1.63. The monoisotopic (exact) mass is 220 g/mol. The van der Waals surface area contributed by atoms with Crippen LogP contribution in [0.4, 0.5) is 4.79 Å². The predicted molar refractivity (Wildman–Crippen MR) is 56.7 cm³/mol. The summed E-state index contributed by atoms with van der Waals surface area (Å²) in [4.78, 5) is 11.1. The van der Waals surface area contributed by atoms with Gasteiger partial charge in [0.05, 0.1) is 0 Å². The van der Waals surface area contributed by atoms with Crippen LogP contribution < -0.4 is 0 Å². The van der Waals surface area contributed by atoms with Gasteiger partial charge in [0.15, 0.2) is 0 Å². The number of carboxylic acid groups (broad SMARTS) is 1. The lowest BCUT2D eigenvalue weighted by molar-refractivity contribution is 0.148. The van der Waals surface area contributed by atoms with Gasteiger partial charge >= 0.3 is 14.2 Å². The zero-order valence-electron chi connectivity index (χ0n) is 9.21. The molecule has 4 nitrogen and oxygen atoms in total. The summed E-state index contributed by atoms with van der Waals surface area (Å²) in [6.45, 7) is 6.66. The van der Waals surface area contributed by atoms with Crippen LogP contribution in [0.2, 0.25) is 6.04 Å². The normalized spacial score (nSPS) is 11.6. The molecule has 0 aliphatic carbocycles. The Morgan fingerprint density at radius 1 is 1.14 bits per heavy atom. The molecule has 0 aromatic rings. The lowest BCUT2D eigenvalue weighted by atomic mass is 10.5. The molecule has 14 heavy (non-hydrogen) atoms. The van der Waals surface area contributed by atoms with Crippen molar-refractivity contribution >= 4 is 14.2 Å². The highest BCUT2D eigenvalue weighted by atomic mass is 28.4. The fourth-order valence-electron chi connectivity index (χ4n) is 1.05. The van der Waals surface area contributed by atoms with Crippen LogP contribution in [0.3, 0.4) is 0 Å². The molecule has 0 fully saturated rings. The second-order valence-corrected chi connectivity index (χ2v) is 6.33. The predicted octanol–water partition coefficient (Wildman–Crippen LogP) is 2.56. The molecule has 0 radical (unpaired) electrons. The molecule has 0 spiro atoms. The van der Waals surface area contributed by atoms with Crippen LogP contribution in [0.25, 0.3) is 0 Å². The minimum absolute atomic E-state index is 0.461. The van der Waals surface area contributed by atoms with Crippen molar-refractivity contribution in [3.63, 3.8) is 0 Å². The molecule has 0 heterocycles. The summed E-state index contributed by atoms with van der Waals surface area (Å²) in [6, 6.07) is 0.461. The van der Waals surface area contributed by atoms with Crippen LogP contribution in [0.15, 0.2) is 0 Å². The average Bonchev–Trinajstić information content (AvgIpc) is 2.18. The second-order valence-electron chi connectivity index (χ2n) is 3.11. The molecular weight excluding hydrogens is 200 g/mol. The largest absolute Gasteiger partial charge is 0.481 e. The van der Waals surface area contributed by atoms with Gasteiger partial charge in [-0.2, -0.15) is 0 Å². The molecule has 0 atom stereocenters. The molecule has 0 aliphatic rings. The maximum Gasteiger partial charge on any atom is 0.462 e. The standard InChI is InChI=1S/C9H20O4Si/c1-4-7-12-14(6-3,9(10)11)13-8-5-2/h4-8H2,1-3H3,(H,10,11). The van der Waals surface area contributed by atoms with Crippen molar-refractivity contribution in [1.29, 1.82) is 0 Å². The maximum atomic E-state index is 11.1. The Labute approximate surface area is 86.5 Å². The molecule has 0 bridgehead atoms. The van der Waals surface area contributed by atoms with Gasteiger partial charge in [-0.15, -0.1) is 0 Å². The van der Waals surface area contributed by atoms with E-state index in [-0.39, 0.29) is 0 Å². The first-order valence-electron chi connectivity index (χ1n) is 5.14. The van der Waals surface area contributed by atoms with Gasteiger partial charge in [0, 0.05) is 13.2 Å². The van der Waals surface area contributed by atoms with Crippen LogP contribution in [0, 0.1) is 0 Å². The SMILES string of the molecule is CCCO[Si](CC)(OCCC)C(=O)O. The number of hydrogen-bond acceptors (Lipinski definition) is 3. The van der Waals surface area contributed by atoms with Crippen LogP contribution in [-0.4, -0.2) is 32.5 Å². The first kappa shape index (κ1) is 13.6. The Bertz CT molecular complexity index is 164. The van der Waals surface area contributed by atoms with Crippen molar-refractivity contribution in [2.45, 2.75) is 39.7 Å². The van der Waals surface area contributed by atoms with Gasteiger partial charge in [-0.25, -0.2) is 0 Å². The van der Waals surface area contributed by atoms with Crippen molar-refractivity contribution in [2.75, 3.05) is 13.2 Å². The zero-order valence-corrected chi connectivity index (χ0v) is 10.2. The van der Waals surface area contributed by atoms with Crippen molar-refractivity contribution < 1.29 is 18.8 Å². The van der Waals surface area contributed by atoms with Crippen LogP contribution in [0.1, 0.15) is 33.6 Å². The smallest absolute Gasteiger partial charge is 0.462 e. The van der Waals surface area contributed by atoms with E-state index < -0.39 is 14.2 Å². The summed E-state index contributed by atoms with van der Waals surface area (Å²) in [5, 5.41) is 9.09. The Kier molecular flexibility index (Phi) is 6.78. The summed E-state index contributed by atoms with van der Waals surface area (Å²) < 4.78 is 10.8. The van der Waals surface area contributed by atoms with E-state index in [2.05, 4.69) is 0 Å². The summed E-state index contributed by atoms with van der Waals surface area (Å²) >= 11 is 0. The molecule has 0 amide bonds. The molecule has 0 rings (SSSR count). The van der Waals surface area contributed by atoms with E-state index in [1.165, 1.54) is 0 Å². The van der Waals surface area contributed by atoms with E-state index >= 15 is 0 Å². The lowest BCUT2D eigenvalue weighted by Gasteiger charge is -2.24. The lowest BCUT2D eigenvalue weighted by Crippen LogP contribution is -2.49.